The van der Waals surface area contributed by atoms with E-state index in [1.165, 1.54) is 43.5 Å². The zero-order chi connectivity index (χ0) is 16.3. The molecule has 0 radical (unpaired) electrons. The van der Waals surface area contributed by atoms with E-state index in [4.69, 9.17) is 10.5 Å². The molecule has 6 nitrogen and oxygen atoms in total. The van der Waals surface area contributed by atoms with E-state index < -0.39 is 15.9 Å². The molecule has 0 saturated heterocycles. The zero-order valence-electron chi connectivity index (χ0n) is 11.5. The minimum absolute atomic E-state index is 0.0825. The van der Waals surface area contributed by atoms with Gasteiger partial charge in [-0.1, -0.05) is 0 Å². The molecule has 1 amide bonds. The number of sulfonamides is 1. The van der Waals surface area contributed by atoms with Crippen molar-refractivity contribution >= 4 is 37.5 Å². The summed E-state index contributed by atoms with van der Waals surface area (Å²) < 4.78 is 32.6. The highest BCUT2D eigenvalue weighted by atomic mass is 79.9. The molecule has 0 spiro atoms. The van der Waals surface area contributed by atoms with Crippen LogP contribution in [-0.2, 0) is 10.0 Å². The fraction of sp³-hybridized carbons (Fsp3) is 0.0714. The first-order valence-electron chi connectivity index (χ1n) is 6.10. The summed E-state index contributed by atoms with van der Waals surface area (Å²) in [6.07, 6.45) is 0. The van der Waals surface area contributed by atoms with Crippen LogP contribution >= 0.6 is 15.9 Å². The third-order valence-corrected chi connectivity index (χ3v) is 4.85. The van der Waals surface area contributed by atoms with Crippen molar-refractivity contribution in [3.05, 3.63) is 52.5 Å². The smallest absolute Gasteiger partial charge is 0.261 e. The van der Waals surface area contributed by atoms with Gasteiger partial charge in [0.2, 0.25) is 5.91 Å². The predicted octanol–water partition coefficient (Wildman–Crippen LogP) is 2.36. The first kappa shape index (κ1) is 16.3. The van der Waals surface area contributed by atoms with E-state index in [0.717, 1.165) is 0 Å². The second-order valence-corrected chi connectivity index (χ2v) is 6.88. The Labute approximate surface area is 136 Å². The number of ether oxygens (including phenoxy) is 1. The molecule has 0 atom stereocenters. The number of anilines is 1. The van der Waals surface area contributed by atoms with Crippen LogP contribution in [0.4, 0.5) is 5.69 Å². The molecule has 0 saturated carbocycles. The van der Waals surface area contributed by atoms with E-state index in [1.807, 2.05) is 0 Å². The monoisotopic (exact) mass is 384 g/mol. The third kappa shape index (κ3) is 3.58. The number of hydrogen-bond acceptors (Lipinski definition) is 4. The molecule has 0 aliphatic rings. The Kier molecular flexibility index (Phi) is 4.72. The number of nitrogens with one attached hydrogen (secondary N) is 1. The van der Waals surface area contributed by atoms with Crippen LogP contribution in [0.15, 0.2) is 51.8 Å². The summed E-state index contributed by atoms with van der Waals surface area (Å²) in [5.41, 5.74) is 5.76. The Morgan fingerprint density at radius 2 is 1.82 bits per heavy atom. The second kappa shape index (κ2) is 6.37. The number of methoxy groups -OCH3 is 1. The Morgan fingerprint density at radius 1 is 1.18 bits per heavy atom. The molecule has 22 heavy (non-hydrogen) atoms. The number of benzene rings is 2. The average Bonchev–Trinajstić information content (AvgIpc) is 2.47. The molecular formula is C14H13BrN2O4S. The van der Waals surface area contributed by atoms with Crippen LogP contribution in [0.2, 0.25) is 0 Å². The highest BCUT2D eigenvalue weighted by Gasteiger charge is 2.16. The van der Waals surface area contributed by atoms with Gasteiger partial charge in [0.25, 0.3) is 10.0 Å². The SMILES string of the molecule is COc1ccc(S(=O)(=O)Nc2ccc(C(N)=O)cc2)cc1Br. The van der Waals surface area contributed by atoms with E-state index >= 15 is 0 Å². The number of carbonyl (C=O) groups excluding carboxylic acids is 1. The van der Waals surface area contributed by atoms with E-state index in [2.05, 4.69) is 20.7 Å². The number of carbonyl (C=O) groups is 1. The van der Waals surface area contributed by atoms with Crippen LogP contribution in [0.1, 0.15) is 10.4 Å². The Hall–Kier alpha value is -2.06. The van der Waals surface area contributed by atoms with Gasteiger partial charge in [-0.3, -0.25) is 9.52 Å². The number of nitrogens with two attached hydrogens (primary N) is 1. The minimum atomic E-state index is -3.75. The van der Waals surface area contributed by atoms with Crippen molar-refractivity contribution in [2.45, 2.75) is 4.90 Å². The molecule has 8 heteroatoms. The number of amides is 1. The zero-order valence-corrected chi connectivity index (χ0v) is 13.9. The summed E-state index contributed by atoms with van der Waals surface area (Å²) in [5, 5.41) is 0. The molecule has 0 unspecified atom stereocenters. The third-order valence-electron chi connectivity index (χ3n) is 2.86. The maximum atomic E-state index is 12.3. The van der Waals surface area contributed by atoms with Crippen molar-refractivity contribution in [1.82, 2.24) is 0 Å². The van der Waals surface area contributed by atoms with Gasteiger partial charge in [0.1, 0.15) is 5.75 Å². The van der Waals surface area contributed by atoms with Gasteiger partial charge in [-0.2, -0.15) is 0 Å². The normalized spacial score (nSPS) is 11.0. The number of hydrogen-bond donors (Lipinski definition) is 2. The van der Waals surface area contributed by atoms with Gasteiger partial charge in [0.05, 0.1) is 16.5 Å². The van der Waals surface area contributed by atoms with Crippen molar-refractivity contribution in [2.24, 2.45) is 5.73 Å². The first-order valence-corrected chi connectivity index (χ1v) is 8.37. The van der Waals surface area contributed by atoms with Crippen LogP contribution in [0, 0.1) is 0 Å². The number of halogens is 1. The summed E-state index contributed by atoms with van der Waals surface area (Å²) in [4.78, 5) is 11.1. The highest BCUT2D eigenvalue weighted by molar-refractivity contribution is 9.10. The van der Waals surface area contributed by atoms with E-state index in [0.29, 0.717) is 21.5 Å². The summed E-state index contributed by atoms with van der Waals surface area (Å²) in [6.45, 7) is 0. The van der Waals surface area contributed by atoms with Crippen molar-refractivity contribution in [2.75, 3.05) is 11.8 Å². The fourth-order valence-electron chi connectivity index (χ4n) is 1.73. The highest BCUT2D eigenvalue weighted by Crippen LogP contribution is 2.28. The van der Waals surface area contributed by atoms with Gasteiger partial charge in [-0.05, 0) is 58.4 Å². The molecule has 0 heterocycles. The summed E-state index contributed by atoms with van der Waals surface area (Å²) >= 11 is 3.24. The van der Waals surface area contributed by atoms with Gasteiger partial charge in [0, 0.05) is 11.3 Å². The van der Waals surface area contributed by atoms with E-state index in [1.54, 1.807) is 6.07 Å². The standard InChI is InChI=1S/C14H13BrN2O4S/c1-21-13-7-6-11(8-12(13)15)22(19,20)17-10-4-2-9(3-5-10)14(16)18/h2-8,17H,1H3,(H2,16,18). The molecule has 0 aliphatic heterocycles. The van der Waals surface area contributed by atoms with Gasteiger partial charge in [0.15, 0.2) is 0 Å². The Bertz CT molecular complexity index is 804. The van der Waals surface area contributed by atoms with Gasteiger partial charge >= 0.3 is 0 Å². The molecule has 0 aromatic heterocycles. The van der Waals surface area contributed by atoms with Crippen molar-refractivity contribution < 1.29 is 17.9 Å². The lowest BCUT2D eigenvalue weighted by atomic mass is 10.2. The quantitative estimate of drug-likeness (QED) is 0.826. The van der Waals surface area contributed by atoms with Crippen LogP contribution in [0.3, 0.4) is 0 Å². The van der Waals surface area contributed by atoms with Crippen molar-refractivity contribution in [1.29, 1.82) is 0 Å². The lowest BCUT2D eigenvalue weighted by Gasteiger charge is -2.10. The largest absolute Gasteiger partial charge is 0.496 e. The molecule has 2 aromatic rings. The lowest BCUT2D eigenvalue weighted by molar-refractivity contribution is 0.100. The maximum Gasteiger partial charge on any atom is 0.261 e. The van der Waals surface area contributed by atoms with Gasteiger partial charge < -0.3 is 10.5 Å². The van der Waals surface area contributed by atoms with Gasteiger partial charge in [-0.25, -0.2) is 8.42 Å². The molecule has 2 rings (SSSR count). The second-order valence-electron chi connectivity index (χ2n) is 4.34. The molecule has 2 aromatic carbocycles. The predicted molar refractivity (Wildman–Crippen MR) is 86.5 cm³/mol. The molecule has 0 bridgehead atoms. The van der Waals surface area contributed by atoms with Crippen LogP contribution < -0.4 is 15.2 Å². The van der Waals surface area contributed by atoms with E-state index in [9.17, 15) is 13.2 Å². The van der Waals surface area contributed by atoms with Gasteiger partial charge in [-0.15, -0.1) is 0 Å². The fourth-order valence-corrected chi connectivity index (χ4v) is 3.51. The van der Waals surface area contributed by atoms with Crippen molar-refractivity contribution in [3.63, 3.8) is 0 Å². The molecule has 116 valence electrons. The van der Waals surface area contributed by atoms with Crippen LogP contribution in [0.5, 0.6) is 5.75 Å². The molecule has 0 aliphatic carbocycles. The maximum absolute atomic E-state index is 12.3. The number of rotatable bonds is 5. The molecule has 0 fully saturated rings. The Balaban J connectivity index is 2.27. The summed E-state index contributed by atoms with van der Waals surface area (Å²) in [5.74, 6) is -0.0433. The average molecular weight is 385 g/mol. The van der Waals surface area contributed by atoms with Crippen molar-refractivity contribution in [3.8, 4) is 5.75 Å². The summed E-state index contributed by atoms with van der Waals surface area (Å²) in [7, 11) is -2.25. The topological polar surface area (TPSA) is 98.5 Å². The van der Waals surface area contributed by atoms with Crippen LogP contribution in [-0.4, -0.2) is 21.4 Å². The first-order chi connectivity index (χ1) is 10.3. The minimum Gasteiger partial charge on any atom is -0.496 e. The number of primary amides is 1. The molecule has 3 N–H and O–H groups in total. The van der Waals surface area contributed by atoms with E-state index in [-0.39, 0.29) is 4.90 Å². The lowest BCUT2D eigenvalue weighted by Crippen LogP contribution is -2.14. The van der Waals surface area contributed by atoms with Crippen LogP contribution in [0.25, 0.3) is 0 Å². The summed E-state index contributed by atoms with van der Waals surface area (Å²) in [6, 6.07) is 10.3. The molecular weight excluding hydrogens is 372 g/mol. The Morgan fingerprint density at radius 3 is 2.32 bits per heavy atom.